The average molecular weight is 267 g/mol. The van der Waals surface area contributed by atoms with Gasteiger partial charge in [-0.2, -0.15) is 0 Å². The number of urea groups is 1. The van der Waals surface area contributed by atoms with Crippen LogP contribution < -0.4 is 15.4 Å². The summed E-state index contributed by atoms with van der Waals surface area (Å²) >= 11 is 0. The summed E-state index contributed by atoms with van der Waals surface area (Å²) in [4.78, 5) is 25.9. The van der Waals surface area contributed by atoms with Crippen molar-refractivity contribution in [2.24, 2.45) is 0 Å². The first-order valence-electron chi connectivity index (χ1n) is 5.81. The third-order valence-corrected chi connectivity index (χ3v) is 2.37. The van der Waals surface area contributed by atoms with E-state index in [4.69, 9.17) is 9.84 Å². The predicted octanol–water partition coefficient (Wildman–Crippen LogP) is 1.38. The van der Waals surface area contributed by atoms with E-state index in [9.17, 15) is 9.59 Å². The second kappa shape index (κ2) is 7.20. The van der Waals surface area contributed by atoms with Gasteiger partial charge in [0, 0.05) is 19.0 Å². The molecule has 1 aromatic rings. The number of carboxylic acid groups (broad SMARTS) is 1. The molecule has 7 heteroatoms. The van der Waals surface area contributed by atoms with Crippen LogP contribution in [0.1, 0.15) is 18.5 Å². The van der Waals surface area contributed by atoms with Gasteiger partial charge in [-0.3, -0.25) is 4.79 Å². The van der Waals surface area contributed by atoms with Crippen LogP contribution in [0.3, 0.4) is 0 Å². The molecule has 7 nitrogen and oxygen atoms in total. The molecule has 1 rings (SSSR count). The van der Waals surface area contributed by atoms with Gasteiger partial charge >= 0.3 is 12.0 Å². The summed E-state index contributed by atoms with van der Waals surface area (Å²) in [5.74, 6) is -0.401. The Hall–Kier alpha value is -2.31. The van der Waals surface area contributed by atoms with Gasteiger partial charge in [-0.1, -0.05) is 0 Å². The van der Waals surface area contributed by atoms with Crippen LogP contribution in [0, 0.1) is 6.92 Å². The summed E-state index contributed by atoms with van der Waals surface area (Å²) in [5, 5.41) is 13.7. The molecule has 0 aliphatic carbocycles. The van der Waals surface area contributed by atoms with Crippen LogP contribution in [-0.4, -0.2) is 35.7 Å². The fraction of sp³-hybridized carbons (Fsp3) is 0.417. The molecule has 0 saturated heterocycles. The van der Waals surface area contributed by atoms with E-state index in [0.29, 0.717) is 30.2 Å². The van der Waals surface area contributed by atoms with Crippen molar-refractivity contribution in [2.75, 3.05) is 19.0 Å². The molecule has 0 fully saturated rings. The van der Waals surface area contributed by atoms with Crippen LogP contribution in [0.25, 0.3) is 0 Å². The van der Waals surface area contributed by atoms with Gasteiger partial charge in [-0.05, 0) is 19.4 Å². The summed E-state index contributed by atoms with van der Waals surface area (Å²) < 4.78 is 4.96. The molecule has 0 aromatic carbocycles. The second-order valence-corrected chi connectivity index (χ2v) is 3.86. The Labute approximate surface area is 111 Å². The number of aryl methyl sites for hydroxylation is 1. The number of anilines is 1. The van der Waals surface area contributed by atoms with Gasteiger partial charge in [0.05, 0.1) is 18.5 Å². The van der Waals surface area contributed by atoms with Crippen LogP contribution in [-0.2, 0) is 4.79 Å². The molecule has 1 aromatic heterocycles. The number of carbonyl (C=O) groups is 2. The van der Waals surface area contributed by atoms with E-state index in [-0.39, 0.29) is 12.5 Å². The number of methoxy groups -OCH3 is 1. The Morgan fingerprint density at radius 2 is 2.16 bits per heavy atom. The highest BCUT2D eigenvalue weighted by molar-refractivity contribution is 5.89. The number of ether oxygens (including phenoxy) is 1. The second-order valence-electron chi connectivity index (χ2n) is 3.86. The first-order valence-corrected chi connectivity index (χ1v) is 5.81. The van der Waals surface area contributed by atoms with E-state index in [1.807, 2.05) is 0 Å². The number of carboxylic acids is 1. The summed E-state index contributed by atoms with van der Waals surface area (Å²) in [5.41, 5.74) is 1.22. The van der Waals surface area contributed by atoms with Crippen molar-refractivity contribution in [3.05, 3.63) is 17.8 Å². The smallest absolute Gasteiger partial charge is 0.319 e. The van der Waals surface area contributed by atoms with Crippen LogP contribution >= 0.6 is 0 Å². The Morgan fingerprint density at radius 1 is 1.42 bits per heavy atom. The van der Waals surface area contributed by atoms with Crippen molar-refractivity contribution >= 4 is 17.7 Å². The van der Waals surface area contributed by atoms with Crippen molar-refractivity contribution in [1.29, 1.82) is 0 Å². The number of carbonyl (C=O) groups excluding carboxylic acids is 1. The summed E-state index contributed by atoms with van der Waals surface area (Å²) in [6, 6.07) is 2.95. The zero-order chi connectivity index (χ0) is 14.3. The van der Waals surface area contributed by atoms with E-state index in [2.05, 4.69) is 15.6 Å². The lowest BCUT2D eigenvalue weighted by molar-refractivity contribution is -0.137. The van der Waals surface area contributed by atoms with Crippen molar-refractivity contribution in [3.8, 4) is 5.88 Å². The number of rotatable bonds is 6. The SMILES string of the molecule is COc1ccc(NC(=O)NCCCC(=O)O)c(C)n1. The minimum absolute atomic E-state index is 0.0311. The van der Waals surface area contributed by atoms with Gasteiger partial charge in [-0.25, -0.2) is 9.78 Å². The number of aromatic nitrogens is 1. The average Bonchev–Trinajstić information content (AvgIpc) is 2.37. The largest absolute Gasteiger partial charge is 0.481 e. The highest BCUT2D eigenvalue weighted by Crippen LogP contribution is 2.16. The van der Waals surface area contributed by atoms with Gasteiger partial charge in [-0.15, -0.1) is 0 Å². The third-order valence-electron chi connectivity index (χ3n) is 2.37. The van der Waals surface area contributed by atoms with Gasteiger partial charge in [0.25, 0.3) is 0 Å². The molecule has 0 radical (unpaired) electrons. The molecule has 3 N–H and O–H groups in total. The Kier molecular flexibility index (Phi) is 5.59. The maximum Gasteiger partial charge on any atom is 0.319 e. The zero-order valence-electron chi connectivity index (χ0n) is 10.9. The van der Waals surface area contributed by atoms with Crippen molar-refractivity contribution in [3.63, 3.8) is 0 Å². The first-order chi connectivity index (χ1) is 9.02. The van der Waals surface area contributed by atoms with E-state index in [1.54, 1.807) is 19.1 Å². The van der Waals surface area contributed by atoms with Crippen LogP contribution in [0.15, 0.2) is 12.1 Å². The molecule has 104 valence electrons. The van der Waals surface area contributed by atoms with Crippen LogP contribution in [0.4, 0.5) is 10.5 Å². The molecule has 2 amide bonds. The van der Waals surface area contributed by atoms with E-state index in [0.717, 1.165) is 0 Å². The van der Waals surface area contributed by atoms with Crippen molar-refractivity contribution in [2.45, 2.75) is 19.8 Å². The summed E-state index contributed by atoms with van der Waals surface area (Å²) in [7, 11) is 1.52. The summed E-state index contributed by atoms with van der Waals surface area (Å²) in [6.07, 6.45) is 0.423. The molecule has 0 spiro atoms. The quantitative estimate of drug-likeness (QED) is 0.676. The number of hydrogen-bond acceptors (Lipinski definition) is 4. The predicted molar refractivity (Wildman–Crippen MR) is 69.4 cm³/mol. The number of nitrogens with one attached hydrogen (secondary N) is 2. The number of aliphatic carboxylic acids is 1. The molecule has 0 aliphatic rings. The number of pyridine rings is 1. The molecular formula is C12H17N3O4. The number of amides is 2. The lowest BCUT2D eigenvalue weighted by Gasteiger charge is -2.09. The van der Waals surface area contributed by atoms with Crippen molar-refractivity contribution in [1.82, 2.24) is 10.3 Å². The molecule has 0 unspecified atom stereocenters. The molecule has 1 heterocycles. The normalized spacial score (nSPS) is 9.79. The molecule has 0 bridgehead atoms. The minimum atomic E-state index is -0.877. The Morgan fingerprint density at radius 3 is 2.74 bits per heavy atom. The molecule has 19 heavy (non-hydrogen) atoms. The zero-order valence-corrected chi connectivity index (χ0v) is 10.9. The van der Waals surface area contributed by atoms with E-state index < -0.39 is 5.97 Å². The first kappa shape index (κ1) is 14.7. The Bertz CT molecular complexity index is 462. The maximum absolute atomic E-state index is 11.5. The van der Waals surface area contributed by atoms with Crippen LogP contribution in [0.5, 0.6) is 5.88 Å². The van der Waals surface area contributed by atoms with Gasteiger partial charge in [0.1, 0.15) is 0 Å². The topological polar surface area (TPSA) is 101 Å². The third kappa shape index (κ3) is 5.24. The monoisotopic (exact) mass is 267 g/mol. The fourth-order valence-electron chi connectivity index (χ4n) is 1.39. The van der Waals surface area contributed by atoms with E-state index >= 15 is 0 Å². The number of nitrogens with zero attached hydrogens (tertiary/aromatic N) is 1. The van der Waals surface area contributed by atoms with Gasteiger partial charge < -0.3 is 20.5 Å². The highest BCUT2D eigenvalue weighted by Gasteiger charge is 2.06. The lowest BCUT2D eigenvalue weighted by atomic mass is 10.3. The number of hydrogen-bond donors (Lipinski definition) is 3. The molecule has 0 atom stereocenters. The lowest BCUT2D eigenvalue weighted by Crippen LogP contribution is -2.30. The Balaban J connectivity index is 2.42. The standard InChI is InChI=1S/C12H17N3O4/c1-8-9(5-6-10(14-8)19-2)15-12(18)13-7-3-4-11(16)17/h5-6H,3-4,7H2,1-2H3,(H,16,17)(H2,13,15,18). The summed E-state index contributed by atoms with van der Waals surface area (Å²) in [6.45, 7) is 2.06. The van der Waals surface area contributed by atoms with E-state index in [1.165, 1.54) is 7.11 Å². The molecule has 0 saturated carbocycles. The fourth-order valence-corrected chi connectivity index (χ4v) is 1.39. The van der Waals surface area contributed by atoms with Crippen molar-refractivity contribution < 1.29 is 19.4 Å². The maximum atomic E-state index is 11.5. The highest BCUT2D eigenvalue weighted by atomic mass is 16.5. The van der Waals surface area contributed by atoms with Crippen LogP contribution in [0.2, 0.25) is 0 Å². The van der Waals surface area contributed by atoms with Gasteiger partial charge in [0.15, 0.2) is 0 Å². The molecular weight excluding hydrogens is 250 g/mol. The minimum Gasteiger partial charge on any atom is -0.481 e. The molecule has 0 aliphatic heterocycles. The van der Waals surface area contributed by atoms with Gasteiger partial charge in [0.2, 0.25) is 5.88 Å².